The highest BCUT2D eigenvalue weighted by molar-refractivity contribution is 7.89. The Kier molecular flexibility index (Phi) is 6.43. The highest BCUT2D eigenvalue weighted by Gasteiger charge is 2.28. The standard InChI is InChI=1S/C24H29N3O3S/c1-18-11-14-27(15-12-18)31(29,30)21-9-10-22-20(16-21)17-23(26-22)24(28)25-13-5-8-19-6-3-2-4-7-19/h2-4,6-7,9-10,16-18,26H,5,8,11-15H2,1H3,(H,25,28). The molecule has 0 saturated carbocycles. The van der Waals surface area contributed by atoms with E-state index >= 15 is 0 Å². The Labute approximate surface area is 183 Å². The van der Waals surface area contributed by atoms with Crippen LogP contribution < -0.4 is 5.32 Å². The molecule has 1 saturated heterocycles. The molecule has 1 aliphatic heterocycles. The summed E-state index contributed by atoms with van der Waals surface area (Å²) in [6.07, 6.45) is 3.54. The molecule has 3 aromatic rings. The maximum atomic E-state index is 13.0. The Bertz CT molecular complexity index is 1150. The fourth-order valence-corrected chi connectivity index (χ4v) is 5.51. The second-order valence-corrected chi connectivity index (χ2v) is 10.3. The summed E-state index contributed by atoms with van der Waals surface area (Å²) < 4.78 is 27.6. The van der Waals surface area contributed by atoms with Crippen LogP contribution >= 0.6 is 0 Å². The average Bonchev–Trinajstić information content (AvgIpc) is 3.21. The number of sulfonamides is 1. The first-order valence-corrected chi connectivity index (χ1v) is 12.3. The third kappa shape index (κ3) is 4.99. The van der Waals surface area contributed by atoms with Crippen molar-refractivity contribution in [3.8, 4) is 0 Å². The van der Waals surface area contributed by atoms with Gasteiger partial charge in [0.2, 0.25) is 10.0 Å². The monoisotopic (exact) mass is 439 g/mol. The van der Waals surface area contributed by atoms with Crippen molar-refractivity contribution in [3.05, 3.63) is 65.9 Å². The molecule has 0 bridgehead atoms. The number of hydrogen-bond acceptors (Lipinski definition) is 3. The van der Waals surface area contributed by atoms with Crippen molar-refractivity contribution in [2.75, 3.05) is 19.6 Å². The van der Waals surface area contributed by atoms with Crippen LogP contribution in [0, 0.1) is 5.92 Å². The van der Waals surface area contributed by atoms with E-state index in [1.165, 1.54) is 5.56 Å². The zero-order valence-electron chi connectivity index (χ0n) is 17.8. The largest absolute Gasteiger partial charge is 0.351 e. The molecule has 164 valence electrons. The van der Waals surface area contributed by atoms with Crippen molar-refractivity contribution in [2.24, 2.45) is 5.92 Å². The van der Waals surface area contributed by atoms with Crippen LogP contribution in [-0.4, -0.2) is 43.2 Å². The topological polar surface area (TPSA) is 82.3 Å². The first-order valence-electron chi connectivity index (χ1n) is 10.9. The number of aromatic amines is 1. The summed E-state index contributed by atoms with van der Waals surface area (Å²) in [6.45, 7) is 3.86. The smallest absolute Gasteiger partial charge is 0.267 e. The lowest BCUT2D eigenvalue weighted by Crippen LogP contribution is -2.37. The Morgan fingerprint density at radius 3 is 2.58 bits per heavy atom. The number of carbonyl (C=O) groups is 1. The summed E-state index contributed by atoms with van der Waals surface area (Å²) in [7, 11) is -3.51. The number of aryl methyl sites for hydroxylation is 1. The first-order chi connectivity index (χ1) is 14.9. The zero-order chi connectivity index (χ0) is 21.8. The SMILES string of the molecule is CC1CCN(S(=O)(=O)c2ccc3[nH]c(C(=O)NCCCc4ccccc4)cc3c2)CC1. The lowest BCUT2D eigenvalue weighted by molar-refractivity contribution is 0.0949. The molecule has 7 heteroatoms. The molecule has 0 radical (unpaired) electrons. The molecule has 31 heavy (non-hydrogen) atoms. The number of piperidine rings is 1. The number of aromatic nitrogens is 1. The summed E-state index contributed by atoms with van der Waals surface area (Å²) in [5, 5.41) is 3.66. The van der Waals surface area contributed by atoms with Crippen LogP contribution in [-0.2, 0) is 16.4 Å². The molecule has 1 aromatic heterocycles. The van der Waals surface area contributed by atoms with Gasteiger partial charge in [-0.05, 0) is 61.4 Å². The lowest BCUT2D eigenvalue weighted by atomic mass is 10.0. The number of nitrogens with zero attached hydrogens (tertiary/aromatic N) is 1. The number of carbonyl (C=O) groups excluding carboxylic acids is 1. The van der Waals surface area contributed by atoms with Gasteiger partial charge in [0.15, 0.2) is 0 Å². The highest BCUT2D eigenvalue weighted by Crippen LogP contribution is 2.26. The molecule has 1 aliphatic rings. The molecule has 1 fully saturated rings. The molecule has 0 spiro atoms. The van der Waals surface area contributed by atoms with Gasteiger partial charge in [0, 0.05) is 30.5 Å². The molecule has 0 unspecified atom stereocenters. The molecule has 1 amide bonds. The van der Waals surface area contributed by atoms with Crippen molar-refractivity contribution in [3.63, 3.8) is 0 Å². The van der Waals surface area contributed by atoms with Gasteiger partial charge in [-0.1, -0.05) is 37.3 Å². The Morgan fingerprint density at radius 2 is 1.84 bits per heavy atom. The van der Waals surface area contributed by atoms with Gasteiger partial charge in [0.1, 0.15) is 5.69 Å². The van der Waals surface area contributed by atoms with Gasteiger partial charge in [-0.25, -0.2) is 8.42 Å². The fraction of sp³-hybridized carbons (Fsp3) is 0.375. The van der Waals surface area contributed by atoms with E-state index in [4.69, 9.17) is 0 Å². The Hall–Kier alpha value is -2.64. The molecule has 4 rings (SSSR count). The first kappa shape index (κ1) is 21.6. The van der Waals surface area contributed by atoms with Gasteiger partial charge in [-0.3, -0.25) is 4.79 Å². The molecule has 6 nitrogen and oxygen atoms in total. The van der Waals surface area contributed by atoms with Gasteiger partial charge < -0.3 is 10.3 Å². The number of fused-ring (bicyclic) bond motifs is 1. The van der Waals surface area contributed by atoms with E-state index in [9.17, 15) is 13.2 Å². The van der Waals surface area contributed by atoms with E-state index in [1.807, 2.05) is 18.2 Å². The van der Waals surface area contributed by atoms with Gasteiger partial charge in [0.05, 0.1) is 4.90 Å². The minimum absolute atomic E-state index is 0.182. The van der Waals surface area contributed by atoms with Crippen molar-refractivity contribution in [1.29, 1.82) is 0 Å². The molecule has 0 atom stereocenters. The van der Waals surface area contributed by atoms with E-state index in [0.29, 0.717) is 31.2 Å². The molecular weight excluding hydrogens is 410 g/mol. The minimum Gasteiger partial charge on any atom is -0.351 e. The minimum atomic E-state index is -3.51. The predicted octanol–water partition coefficient (Wildman–Crippen LogP) is 3.95. The van der Waals surface area contributed by atoms with E-state index in [2.05, 4.69) is 29.4 Å². The maximum absolute atomic E-state index is 13.0. The van der Waals surface area contributed by atoms with Crippen LogP contribution in [0.4, 0.5) is 0 Å². The summed E-state index contributed by atoms with van der Waals surface area (Å²) in [4.78, 5) is 15.9. The average molecular weight is 440 g/mol. The molecule has 2 heterocycles. The van der Waals surface area contributed by atoms with E-state index in [0.717, 1.165) is 36.6 Å². The number of nitrogens with one attached hydrogen (secondary N) is 2. The maximum Gasteiger partial charge on any atom is 0.267 e. The van der Waals surface area contributed by atoms with Crippen LogP contribution in [0.2, 0.25) is 0 Å². The predicted molar refractivity (Wildman–Crippen MR) is 123 cm³/mol. The summed E-state index contributed by atoms with van der Waals surface area (Å²) in [6, 6.07) is 16.9. The Morgan fingerprint density at radius 1 is 1.10 bits per heavy atom. The third-order valence-electron chi connectivity index (χ3n) is 5.99. The second-order valence-electron chi connectivity index (χ2n) is 8.36. The van der Waals surface area contributed by atoms with E-state index in [-0.39, 0.29) is 10.8 Å². The molecule has 0 aliphatic carbocycles. The lowest BCUT2D eigenvalue weighted by Gasteiger charge is -2.29. The van der Waals surface area contributed by atoms with Crippen molar-refractivity contribution >= 4 is 26.8 Å². The zero-order valence-corrected chi connectivity index (χ0v) is 18.6. The van der Waals surface area contributed by atoms with Gasteiger partial charge in [0.25, 0.3) is 5.91 Å². The molecular formula is C24H29N3O3S. The number of hydrogen-bond donors (Lipinski definition) is 2. The van der Waals surface area contributed by atoms with Gasteiger partial charge in [-0.2, -0.15) is 4.31 Å². The molecule has 2 N–H and O–H groups in total. The summed E-state index contributed by atoms with van der Waals surface area (Å²) in [5.41, 5.74) is 2.44. The van der Waals surface area contributed by atoms with Crippen LogP contribution in [0.5, 0.6) is 0 Å². The quantitative estimate of drug-likeness (QED) is 0.547. The number of H-pyrrole nitrogens is 1. The van der Waals surface area contributed by atoms with Crippen molar-refractivity contribution < 1.29 is 13.2 Å². The fourth-order valence-electron chi connectivity index (χ4n) is 4.00. The van der Waals surface area contributed by atoms with E-state index in [1.54, 1.807) is 28.6 Å². The summed E-state index contributed by atoms with van der Waals surface area (Å²) >= 11 is 0. The van der Waals surface area contributed by atoms with Crippen LogP contribution in [0.15, 0.2) is 59.5 Å². The number of rotatable bonds is 7. The van der Waals surface area contributed by atoms with Crippen LogP contribution in [0.1, 0.15) is 42.2 Å². The second kappa shape index (κ2) is 9.24. The van der Waals surface area contributed by atoms with Crippen molar-refractivity contribution in [2.45, 2.75) is 37.5 Å². The van der Waals surface area contributed by atoms with Gasteiger partial charge in [-0.15, -0.1) is 0 Å². The van der Waals surface area contributed by atoms with E-state index < -0.39 is 10.0 Å². The summed E-state index contributed by atoms with van der Waals surface area (Å²) in [5.74, 6) is 0.381. The van der Waals surface area contributed by atoms with Crippen LogP contribution in [0.25, 0.3) is 10.9 Å². The van der Waals surface area contributed by atoms with Crippen molar-refractivity contribution in [1.82, 2.24) is 14.6 Å². The Balaban J connectivity index is 1.40. The molecule has 2 aromatic carbocycles. The van der Waals surface area contributed by atoms with Crippen LogP contribution in [0.3, 0.4) is 0 Å². The van der Waals surface area contributed by atoms with Gasteiger partial charge >= 0.3 is 0 Å². The number of amides is 1. The third-order valence-corrected chi connectivity index (χ3v) is 7.88. The highest BCUT2D eigenvalue weighted by atomic mass is 32.2. The number of benzene rings is 2. The normalized spacial score (nSPS) is 15.9.